The molecule has 0 atom stereocenters. The van der Waals surface area contributed by atoms with E-state index >= 15 is 0 Å². The molecule has 3 rings (SSSR count). The van der Waals surface area contributed by atoms with Crippen LogP contribution in [-0.2, 0) is 6.54 Å². The first-order valence-electron chi connectivity index (χ1n) is 8.90. The first-order chi connectivity index (χ1) is 11.7. The number of rotatable bonds is 6. The van der Waals surface area contributed by atoms with Crippen LogP contribution in [0.15, 0.2) is 48.5 Å². The van der Waals surface area contributed by atoms with Crippen LogP contribution in [0.25, 0.3) is 0 Å². The van der Waals surface area contributed by atoms with Gasteiger partial charge in [-0.2, -0.15) is 0 Å². The molecule has 24 heavy (non-hydrogen) atoms. The van der Waals surface area contributed by atoms with E-state index in [9.17, 15) is 0 Å². The van der Waals surface area contributed by atoms with Gasteiger partial charge in [-0.25, -0.2) is 0 Å². The molecule has 0 saturated carbocycles. The molecule has 0 unspecified atom stereocenters. The van der Waals surface area contributed by atoms with Crippen LogP contribution in [0.4, 0.5) is 17.1 Å². The minimum absolute atomic E-state index is 0.792. The molecule has 2 aromatic carbocycles. The van der Waals surface area contributed by atoms with E-state index in [2.05, 4.69) is 52.4 Å². The normalized spacial score (nSPS) is 15.5. The van der Waals surface area contributed by atoms with Crippen LogP contribution in [0.2, 0.25) is 0 Å². The molecule has 0 radical (unpaired) electrons. The first-order valence-corrected chi connectivity index (χ1v) is 8.90. The largest absolute Gasteiger partial charge is 0.399 e. The Labute approximate surface area is 145 Å². The Balaban J connectivity index is 1.52. The lowest BCUT2D eigenvalue weighted by molar-refractivity contribution is 0.258. The summed E-state index contributed by atoms with van der Waals surface area (Å²) >= 11 is 0. The number of nitrogens with two attached hydrogens (primary N) is 1. The van der Waals surface area contributed by atoms with Crippen molar-refractivity contribution in [1.82, 2.24) is 4.90 Å². The molecule has 0 spiro atoms. The van der Waals surface area contributed by atoms with Crippen molar-refractivity contribution in [2.75, 3.05) is 48.7 Å². The molecule has 0 aromatic heterocycles. The Bertz CT molecular complexity index is 630. The average Bonchev–Trinajstić information content (AvgIpc) is 2.62. The molecular weight excluding hydrogens is 296 g/mol. The van der Waals surface area contributed by atoms with E-state index in [1.54, 1.807) is 0 Å². The van der Waals surface area contributed by atoms with E-state index in [-0.39, 0.29) is 0 Å². The summed E-state index contributed by atoms with van der Waals surface area (Å²) in [5.74, 6) is 0. The number of hydrogen-bond donors (Lipinski definition) is 2. The fourth-order valence-electron chi connectivity index (χ4n) is 3.24. The fourth-order valence-corrected chi connectivity index (χ4v) is 3.24. The topological polar surface area (TPSA) is 44.5 Å². The molecule has 0 bridgehead atoms. The van der Waals surface area contributed by atoms with E-state index in [1.807, 2.05) is 18.2 Å². The maximum atomic E-state index is 5.82. The Morgan fingerprint density at radius 3 is 2.42 bits per heavy atom. The Kier molecular flexibility index (Phi) is 5.59. The molecule has 1 heterocycles. The van der Waals surface area contributed by atoms with Crippen molar-refractivity contribution >= 4 is 17.1 Å². The maximum absolute atomic E-state index is 5.82. The van der Waals surface area contributed by atoms with Crippen LogP contribution in [0, 0.1) is 0 Å². The zero-order valence-electron chi connectivity index (χ0n) is 14.5. The van der Waals surface area contributed by atoms with Gasteiger partial charge in [0.05, 0.1) is 0 Å². The highest BCUT2D eigenvalue weighted by Gasteiger charge is 2.16. The Morgan fingerprint density at radius 1 is 1.00 bits per heavy atom. The first kappa shape index (κ1) is 16.7. The third kappa shape index (κ3) is 4.42. The standard InChI is InChI=1S/C20H28N4/c1-2-10-23-11-13-24(14-12-23)20-8-6-19(7-9-20)22-16-17-4-3-5-18(21)15-17/h3-9,15,22H,2,10-14,16,21H2,1H3. The van der Waals surface area contributed by atoms with Gasteiger partial charge in [-0.1, -0.05) is 19.1 Å². The molecule has 1 aliphatic heterocycles. The van der Waals surface area contributed by atoms with Gasteiger partial charge in [-0.05, 0) is 54.9 Å². The van der Waals surface area contributed by atoms with Crippen LogP contribution in [-0.4, -0.2) is 37.6 Å². The Morgan fingerprint density at radius 2 is 1.75 bits per heavy atom. The zero-order chi connectivity index (χ0) is 16.8. The summed E-state index contributed by atoms with van der Waals surface area (Å²) in [6, 6.07) is 16.8. The van der Waals surface area contributed by atoms with Gasteiger partial charge in [-0.15, -0.1) is 0 Å². The van der Waals surface area contributed by atoms with Gasteiger partial charge in [0.25, 0.3) is 0 Å². The van der Waals surface area contributed by atoms with Crippen molar-refractivity contribution in [3.63, 3.8) is 0 Å². The van der Waals surface area contributed by atoms with E-state index in [1.165, 1.54) is 37.3 Å². The van der Waals surface area contributed by atoms with Crippen molar-refractivity contribution in [3.8, 4) is 0 Å². The van der Waals surface area contributed by atoms with Gasteiger partial charge in [0.15, 0.2) is 0 Å². The van der Waals surface area contributed by atoms with Crippen LogP contribution in [0.1, 0.15) is 18.9 Å². The van der Waals surface area contributed by atoms with Crippen molar-refractivity contribution in [2.24, 2.45) is 0 Å². The molecule has 2 aromatic rings. The van der Waals surface area contributed by atoms with Crippen molar-refractivity contribution in [1.29, 1.82) is 0 Å². The quantitative estimate of drug-likeness (QED) is 0.799. The van der Waals surface area contributed by atoms with Gasteiger partial charge in [0.1, 0.15) is 0 Å². The molecule has 0 aliphatic carbocycles. The van der Waals surface area contributed by atoms with Gasteiger partial charge in [0.2, 0.25) is 0 Å². The molecule has 4 nitrogen and oxygen atoms in total. The highest BCUT2D eigenvalue weighted by Crippen LogP contribution is 2.20. The second kappa shape index (κ2) is 8.06. The minimum Gasteiger partial charge on any atom is -0.399 e. The lowest BCUT2D eigenvalue weighted by Crippen LogP contribution is -2.46. The Hall–Kier alpha value is -2.20. The second-order valence-corrected chi connectivity index (χ2v) is 6.47. The molecular formula is C20H28N4. The summed E-state index contributed by atoms with van der Waals surface area (Å²) in [7, 11) is 0. The van der Waals surface area contributed by atoms with Crippen LogP contribution >= 0.6 is 0 Å². The van der Waals surface area contributed by atoms with Gasteiger partial charge >= 0.3 is 0 Å². The summed E-state index contributed by atoms with van der Waals surface area (Å²) < 4.78 is 0. The van der Waals surface area contributed by atoms with Crippen LogP contribution in [0.3, 0.4) is 0 Å². The van der Waals surface area contributed by atoms with Crippen molar-refractivity contribution < 1.29 is 0 Å². The van der Waals surface area contributed by atoms with E-state index in [0.29, 0.717) is 0 Å². The summed E-state index contributed by atoms with van der Waals surface area (Å²) in [5.41, 5.74) is 10.3. The number of benzene rings is 2. The maximum Gasteiger partial charge on any atom is 0.0401 e. The van der Waals surface area contributed by atoms with E-state index in [0.717, 1.165) is 31.0 Å². The smallest absolute Gasteiger partial charge is 0.0401 e. The zero-order valence-corrected chi connectivity index (χ0v) is 14.5. The predicted molar refractivity (Wildman–Crippen MR) is 104 cm³/mol. The minimum atomic E-state index is 0.792. The third-order valence-electron chi connectivity index (χ3n) is 4.59. The molecule has 1 saturated heterocycles. The fraction of sp³-hybridized carbons (Fsp3) is 0.400. The number of hydrogen-bond acceptors (Lipinski definition) is 4. The summed E-state index contributed by atoms with van der Waals surface area (Å²) in [6.07, 6.45) is 1.24. The second-order valence-electron chi connectivity index (χ2n) is 6.47. The molecule has 3 N–H and O–H groups in total. The SMILES string of the molecule is CCCN1CCN(c2ccc(NCc3cccc(N)c3)cc2)CC1. The monoisotopic (exact) mass is 324 g/mol. The van der Waals surface area contributed by atoms with Gasteiger partial charge in [-0.3, -0.25) is 4.90 Å². The highest BCUT2D eigenvalue weighted by molar-refractivity contribution is 5.55. The lowest BCUT2D eigenvalue weighted by Gasteiger charge is -2.36. The number of nitrogens with one attached hydrogen (secondary N) is 1. The lowest BCUT2D eigenvalue weighted by atomic mass is 10.2. The van der Waals surface area contributed by atoms with E-state index in [4.69, 9.17) is 5.73 Å². The number of anilines is 3. The number of piperazine rings is 1. The molecule has 1 aliphatic rings. The van der Waals surface area contributed by atoms with Crippen molar-refractivity contribution in [3.05, 3.63) is 54.1 Å². The summed E-state index contributed by atoms with van der Waals surface area (Å²) in [4.78, 5) is 5.03. The molecule has 0 amide bonds. The van der Waals surface area contributed by atoms with Gasteiger partial charge < -0.3 is 16.0 Å². The predicted octanol–water partition coefficient (Wildman–Crippen LogP) is 3.41. The number of nitrogen functional groups attached to an aromatic ring is 1. The number of nitrogens with zero attached hydrogens (tertiary/aromatic N) is 2. The molecule has 128 valence electrons. The third-order valence-corrected chi connectivity index (χ3v) is 4.59. The van der Waals surface area contributed by atoms with E-state index < -0.39 is 0 Å². The van der Waals surface area contributed by atoms with Crippen LogP contribution in [0.5, 0.6) is 0 Å². The highest BCUT2D eigenvalue weighted by atomic mass is 15.3. The average molecular weight is 324 g/mol. The molecule has 1 fully saturated rings. The molecule has 4 heteroatoms. The van der Waals surface area contributed by atoms with Crippen molar-refractivity contribution in [2.45, 2.75) is 19.9 Å². The van der Waals surface area contributed by atoms with Gasteiger partial charge in [0, 0.05) is 49.8 Å². The summed E-state index contributed by atoms with van der Waals surface area (Å²) in [6.45, 7) is 8.85. The van der Waals surface area contributed by atoms with Crippen LogP contribution < -0.4 is 16.0 Å². The summed E-state index contributed by atoms with van der Waals surface area (Å²) in [5, 5.41) is 3.46.